The molecule has 0 aliphatic heterocycles. The van der Waals surface area contributed by atoms with E-state index in [0.29, 0.717) is 5.88 Å². The standard InChI is InChI=1S/C17H21ClN2O/c1-21-14-4-5-15-16(8-14)20(17(9-18)19-15)10-13-7-11-2-3-12(13)6-11/h4-5,8,11-13H,2-3,6-7,9-10H2,1H3. The Kier molecular flexibility index (Phi) is 3.33. The monoisotopic (exact) mass is 304 g/mol. The minimum absolute atomic E-state index is 0.470. The summed E-state index contributed by atoms with van der Waals surface area (Å²) in [4.78, 5) is 4.69. The molecule has 4 heteroatoms. The van der Waals surface area contributed by atoms with Crippen LogP contribution in [0.1, 0.15) is 31.5 Å². The third-order valence-electron chi connectivity index (χ3n) is 5.46. The third kappa shape index (κ3) is 2.22. The van der Waals surface area contributed by atoms with Crippen LogP contribution in [0, 0.1) is 17.8 Å². The van der Waals surface area contributed by atoms with Gasteiger partial charge in [0.15, 0.2) is 0 Å². The van der Waals surface area contributed by atoms with Crippen molar-refractivity contribution >= 4 is 22.6 Å². The zero-order valence-corrected chi connectivity index (χ0v) is 13.1. The second kappa shape index (κ2) is 5.20. The lowest BCUT2D eigenvalue weighted by Gasteiger charge is -2.23. The summed E-state index contributed by atoms with van der Waals surface area (Å²) in [5.74, 6) is 5.04. The molecule has 0 saturated heterocycles. The van der Waals surface area contributed by atoms with Gasteiger partial charge >= 0.3 is 0 Å². The van der Waals surface area contributed by atoms with Gasteiger partial charge in [0.25, 0.3) is 0 Å². The van der Waals surface area contributed by atoms with E-state index in [-0.39, 0.29) is 0 Å². The number of methoxy groups -OCH3 is 1. The maximum Gasteiger partial charge on any atom is 0.124 e. The van der Waals surface area contributed by atoms with Gasteiger partial charge in [-0.25, -0.2) is 4.98 Å². The van der Waals surface area contributed by atoms with Gasteiger partial charge in [0.05, 0.1) is 24.0 Å². The predicted octanol–water partition coefficient (Wildman–Crippen LogP) is 4.22. The topological polar surface area (TPSA) is 27.1 Å². The Hall–Kier alpha value is -1.22. The Bertz CT molecular complexity index is 666. The van der Waals surface area contributed by atoms with Crippen LogP contribution in [0.15, 0.2) is 18.2 Å². The summed E-state index contributed by atoms with van der Waals surface area (Å²) in [5.41, 5.74) is 2.18. The van der Waals surface area contributed by atoms with E-state index in [1.54, 1.807) is 7.11 Å². The van der Waals surface area contributed by atoms with Crippen LogP contribution in [-0.4, -0.2) is 16.7 Å². The molecule has 112 valence electrons. The fourth-order valence-corrected chi connectivity index (χ4v) is 4.62. The second-order valence-electron chi connectivity index (χ2n) is 6.56. The van der Waals surface area contributed by atoms with Crippen molar-refractivity contribution < 1.29 is 4.74 Å². The Morgan fingerprint density at radius 2 is 2.24 bits per heavy atom. The van der Waals surface area contributed by atoms with Crippen molar-refractivity contribution in [3.8, 4) is 5.75 Å². The molecule has 3 unspecified atom stereocenters. The zero-order valence-electron chi connectivity index (χ0n) is 12.4. The van der Waals surface area contributed by atoms with Crippen LogP contribution in [0.2, 0.25) is 0 Å². The van der Waals surface area contributed by atoms with Crippen molar-refractivity contribution in [3.63, 3.8) is 0 Å². The molecule has 21 heavy (non-hydrogen) atoms. The van der Waals surface area contributed by atoms with E-state index in [0.717, 1.165) is 46.9 Å². The molecule has 3 atom stereocenters. The molecule has 3 nitrogen and oxygen atoms in total. The number of rotatable bonds is 4. The summed E-state index contributed by atoms with van der Waals surface area (Å²) in [5, 5.41) is 0. The number of alkyl halides is 1. The molecular formula is C17H21ClN2O. The van der Waals surface area contributed by atoms with Gasteiger partial charge in [0.2, 0.25) is 0 Å². The first-order chi connectivity index (χ1) is 10.3. The first kappa shape index (κ1) is 13.4. The lowest BCUT2D eigenvalue weighted by atomic mass is 9.89. The summed E-state index contributed by atoms with van der Waals surface area (Å²) < 4.78 is 7.70. The number of nitrogens with zero attached hydrogens (tertiary/aromatic N) is 2. The number of halogens is 1. The molecule has 2 bridgehead atoms. The number of hydrogen-bond acceptors (Lipinski definition) is 2. The molecule has 0 radical (unpaired) electrons. The van der Waals surface area contributed by atoms with E-state index < -0.39 is 0 Å². The number of fused-ring (bicyclic) bond motifs is 3. The Morgan fingerprint density at radius 3 is 2.90 bits per heavy atom. The zero-order chi connectivity index (χ0) is 14.4. The Morgan fingerprint density at radius 1 is 1.33 bits per heavy atom. The van der Waals surface area contributed by atoms with Gasteiger partial charge in [-0.2, -0.15) is 0 Å². The van der Waals surface area contributed by atoms with Crippen molar-refractivity contribution in [2.45, 2.75) is 38.1 Å². The van der Waals surface area contributed by atoms with Gasteiger partial charge < -0.3 is 9.30 Å². The van der Waals surface area contributed by atoms with Crippen molar-refractivity contribution in [2.75, 3.05) is 7.11 Å². The smallest absolute Gasteiger partial charge is 0.124 e. The summed E-state index contributed by atoms with van der Waals surface area (Å²) >= 11 is 6.13. The molecule has 2 aromatic rings. The van der Waals surface area contributed by atoms with Crippen LogP contribution < -0.4 is 4.74 Å². The summed E-state index contributed by atoms with van der Waals surface area (Å²) in [6, 6.07) is 6.09. The SMILES string of the molecule is COc1ccc2nc(CCl)n(CC3CC4CCC3C4)c2c1. The van der Waals surface area contributed by atoms with Gasteiger partial charge in [-0.15, -0.1) is 11.6 Å². The van der Waals surface area contributed by atoms with Gasteiger partial charge in [0.1, 0.15) is 11.6 Å². The summed E-state index contributed by atoms with van der Waals surface area (Å²) in [6.45, 7) is 1.06. The molecule has 1 heterocycles. The maximum atomic E-state index is 6.13. The van der Waals surface area contributed by atoms with Crippen molar-refractivity contribution in [3.05, 3.63) is 24.0 Å². The third-order valence-corrected chi connectivity index (χ3v) is 5.69. The molecule has 0 spiro atoms. The van der Waals surface area contributed by atoms with E-state index in [1.807, 2.05) is 12.1 Å². The van der Waals surface area contributed by atoms with Crippen molar-refractivity contribution in [1.29, 1.82) is 0 Å². The van der Waals surface area contributed by atoms with Crippen LogP contribution in [-0.2, 0) is 12.4 Å². The number of ether oxygens (including phenoxy) is 1. The number of aromatic nitrogens is 2. The molecule has 1 aromatic heterocycles. The van der Waals surface area contributed by atoms with Crippen LogP contribution in [0.25, 0.3) is 11.0 Å². The fraction of sp³-hybridized carbons (Fsp3) is 0.588. The van der Waals surface area contributed by atoms with E-state index in [1.165, 1.54) is 25.7 Å². The summed E-state index contributed by atoms with van der Waals surface area (Å²) in [6.07, 6.45) is 5.69. The lowest BCUT2D eigenvalue weighted by molar-refractivity contribution is 0.296. The molecule has 2 aliphatic carbocycles. The number of hydrogen-bond donors (Lipinski definition) is 0. The molecule has 4 rings (SSSR count). The average Bonchev–Trinajstić information content (AvgIpc) is 3.21. The predicted molar refractivity (Wildman–Crippen MR) is 84.8 cm³/mol. The first-order valence-electron chi connectivity index (χ1n) is 7.87. The summed E-state index contributed by atoms with van der Waals surface area (Å²) in [7, 11) is 1.71. The Balaban J connectivity index is 1.71. The van der Waals surface area contributed by atoms with Crippen molar-refractivity contribution in [1.82, 2.24) is 9.55 Å². The van der Waals surface area contributed by atoms with E-state index in [2.05, 4.69) is 15.6 Å². The van der Waals surface area contributed by atoms with Crippen LogP contribution in [0.4, 0.5) is 0 Å². The highest BCUT2D eigenvalue weighted by molar-refractivity contribution is 6.16. The van der Waals surface area contributed by atoms with Crippen LogP contribution in [0.5, 0.6) is 5.75 Å². The largest absolute Gasteiger partial charge is 0.497 e. The normalized spacial score (nSPS) is 27.6. The van der Waals surface area contributed by atoms with Gasteiger partial charge in [-0.3, -0.25) is 0 Å². The Labute approximate surface area is 130 Å². The minimum Gasteiger partial charge on any atom is -0.497 e. The molecule has 2 saturated carbocycles. The van der Waals surface area contributed by atoms with Crippen molar-refractivity contribution in [2.24, 2.45) is 17.8 Å². The van der Waals surface area contributed by atoms with Gasteiger partial charge in [-0.05, 0) is 49.1 Å². The number of imidazole rings is 1. The molecular weight excluding hydrogens is 284 g/mol. The first-order valence-corrected chi connectivity index (χ1v) is 8.41. The second-order valence-corrected chi connectivity index (χ2v) is 6.83. The molecule has 1 aromatic carbocycles. The molecule has 0 N–H and O–H groups in total. The highest BCUT2D eigenvalue weighted by atomic mass is 35.5. The average molecular weight is 305 g/mol. The maximum absolute atomic E-state index is 6.13. The molecule has 2 aliphatic rings. The van der Waals surface area contributed by atoms with Crippen LogP contribution >= 0.6 is 11.6 Å². The van der Waals surface area contributed by atoms with Crippen LogP contribution in [0.3, 0.4) is 0 Å². The van der Waals surface area contributed by atoms with E-state index in [4.69, 9.17) is 16.3 Å². The molecule has 2 fully saturated rings. The van der Waals surface area contributed by atoms with Gasteiger partial charge in [0, 0.05) is 12.6 Å². The highest BCUT2D eigenvalue weighted by Crippen LogP contribution is 2.49. The fourth-order valence-electron chi connectivity index (χ4n) is 4.42. The quantitative estimate of drug-likeness (QED) is 0.791. The van der Waals surface area contributed by atoms with E-state index >= 15 is 0 Å². The number of benzene rings is 1. The lowest BCUT2D eigenvalue weighted by Crippen LogP contribution is -2.18. The van der Waals surface area contributed by atoms with Gasteiger partial charge in [-0.1, -0.05) is 6.42 Å². The van der Waals surface area contributed by atoms with E-state index in [9.17, 15) is 0 Å². The minimum atomic E-state index is 0.470. The highest BCUT2D eigenvalue weighted by Gasteiger charge is 2.39. The molecule has 0 amide bonds.